The summed E-state index contributed by atoms with van der Waals surface area (Å²) in [4.78, 5) is 38.6. The predicted molar refractivity (Wildman–Crippen MR) is 136 cm³/mol. The summed E-state index contributed by atoms with van der Waals surface area (Å²) in [5.74, 6) is -0.781. The smallest absolute Gasteiger partial charge is 0.294 e. The number of hydrogen-bond acceptors (Lipinski definition) is 6. The first-order chi connectivity index (χ1) is 17.7. The van der Waals surface area contributed by atoms with Gasteiger partial charge in [-0.2, -0.15) is 0 Å². The van der Waals surface area contributed by atoms with Crippen LogP contribution in [0, 0.1) is 5.82 Å². The highest BCUT2D eigenvalue weighted by Gasteiger charge is 2.40. The van der Waals surface area contributed by atoms with E-state index in [0.29, 0.717) is 21.5 Å². The normalized spacial score (nSPS) is 15.2. The Morgan fingerprint density at radius 2 is 1.89 bits per heavy atom. The van der Waals surface area contributed by atoms with Gasteiger partial charge in [0.1, 0.15) is 17.8 Å². The molecule has 2 amide bonds. The van der Waals surface area contributed by atoms with Crippen LogP contribution in [0.5, 0.6) is 5.88 Å². The van der Waals surface area contributed by atoms with Gasteiger partial charge in [0.2, 0.25) is 11.7 Å². The molecular formula is C26H24ClFN6O3. The lowest BCUT2D eigenvalue weighted by Gasteiger charge is -2.46. The highest BCUT2D eigenvalue weighted by atomic mass is 35.5. The summed E-state index contributed by atoms with van der Waals surface area (Å²) >= 11 is 6.06. The van der Waals surface area contributed by atoms with Crippen molar-refractivity contribution in [2.45, 2.75) is 19.4 Å². The molecule has 0 spiro atoms. The van der Waals surface area contributed by atoms with Crippen molar-refractivity contribution in [3.05, 3.63) is 77.2 Å². The van der Waals surface area contributed by atoms with Gasteiger partial charge in [-0.15, -0.1) is 5.10 Å². The van der Waals surface area contributed by atoms with Gasteiger partial charge < -0.3 is 14.5 Å². The lowest BCUT2D eigenvalue weighted by Crippen LogP contribution is -2.62. The van der Waals surface area contributed by atoms with Crippen LogP contribution in [0.2, 0.25) is 5.02 Å². The molecule has 0 unspecified atom stereocenters. The van der Waals surface area contributed by atoms with E-state index in [4.69, 9.17) is 16.3 Å². The summed E-state index contributed by atoms with van der Waals surface area (Å²) in [6.45, 7) is 4.58. The average molecular weight is 523 g/mol. The summed E-state index contributed by atoms with van der Waals surface area (Å²) in [5.41, 5.74) is 0.124. The van der Waals surface area contributed by atoms with Crippen LogP contribution >= 0.6 is 11.6 Å². The number of pyridine rings is 1. The zero-order valence-electron chi connectivity index (χ0n) is 20.5. The number of carbonyl (C=O) groups excluding carboxylic acids is 2. The van der Waals surface area contributed by atoms with E-state index in [1.807, 2.05) is 19.9 Å². The number of piperazine rings is 1. The summed E-state index contributed by atoms with van der Waals surface area (Å²) in [6.07, 6.45) is 1.47. The maximum atomic E-state index is 13.8. The van der Waals surface area contributed by atoms with Gasteiger partial charge in [-0.3, -0.25) is 9.59 Å². The van der Waals surface area contributed by atoms with E-state index in [0.717, 1.165) is 0 Å². The van der Waals surface area contributed by atoms with Crippen LogP contribution in [0.4, 0.5) is 4.39 Å². The summed E-state index contributed by atoms with van der Waals surface area (Å²) in [5, 5.41) is 6.02. The number of nitrogens with zero attached hydrogens (tertiary/aromatic N) is 6. The third-order valence-corrected chi connectivity index (χ3v) is 6.60. The van der Waals surface area contributed by atoms with Crippen molar-refractivity contribution in [3.8, 4) is 11.6 Å². The van der Waals surface area contributed by atoms with Crippen LogP contribution < -0.4 is 4.74 Å². The molecular weight excluding hydrogens is 499 g/mol. The Bertz CT molecular complexity index is 1520. The van der Waals surface area contributed by atoms with Crippen LogP contribution in [0.25, 0.3) is 16.5 Å². The van der Waals surface area contributed by atoms with E-state index in [9.17, 15) is 14.0 Å². The third kappa shape index (κ3) is 4.72. The van der Waals surface area contributed by atoms with E-state index in [1.54, 1.807) is 40.1 Å². The Hall–Kier alpha value is -4.05. The fourth-order valence-electron chi connectivity index (χ4n) is 4.55. The summed E-state index contributed by atoms with van der Waals surface area (Å²) < 4.78 is 20.7. The minimum atomic E-state index is -0.709. The van der Waals surface area contributed by atoms with Crippen molar-refractivity contribution in [2.24, 2.45) is 0 Å². The molecule has 11 heteroatoms. The molecule has 0 atom stereocenters. The minimum absolute atomic E-state index is 0.0517. The second-order valence-corrected chi connectivity index (χ2v) is 9.81. The summed E-state index contributed by atoms with van der Waals surface area (Å²) in [6, 6.07) is 12.9. The van der Waals surface area contributed by atoms with Crippen molar-refractivity contribution in [3.63, 3.8) is 0 Å². The molecule has 37 heavy (non-hydrogen) atoms. The number of ether oxygens (including phenoxy) is 1. The van der Waals surface area contributed by atoms with Crippen LogP contribution in [0.3, 0.4) is 0 Å². The van der Waals surface area contributed by atoms with E-state index in [2.05, 4.69) is 15.1 Å². The van der Waals surface area contributed by atoms with E-state index >= 15 is 0 Å². The second kappa shape index (κ2) is 9.44. The lowest BCUT2D eigenvalue weighted by molar-refractivity contribution is 0.0158. The van der Waals surface area contributed by atoms with Crippen molar-refractivity contribution in [1.29, 1.82) is 0 Å². The van der Waals surface area contributed by atoms with Gasteiger partial charge >= 0.3 is 0 Å². The molecule has 4 aromatic rings. The topological polar surface area (TPSA) is 93.5 Å². The van der Waals surface area contributed by atoms with E-state index in [-0.39, 0.29) is 48.8 Å². The first-order valence-corrected chi connectivity index (χ1v) is 12.0. The largest absolute Gasteiger partial charge is 0.481 e. The van der Waals surface area contributed by atoms with Crippen LogP contribution in [0.1, 0.15) is 35.0 Å². The summed E-state index contributed by atoms with van der Waals surface area (Å²) in [7, 11) is 1.45. The molecule has 190 valence electrons. The third-order valence-electron chi connectivity index (χ3n) is 6.36. The molecule has 3 heterocycles. The Balaban J connectivity index is 1.35. The number of aromatic nitrogens is 4. The molecule has 0 bridgehead atoms. The van der Waals surface area contributed by atoms with Crippen molar-refractivity contribution >= 4 is 34.2 Å². The standard InChI is InChI=1S/C26H24ClFN6O3/c1-26(2)14-32(24(35)21-12-16-11-18(28)7-8-20(16)23(30-21)37-3)9-10-33(26)25(36)22-29-15-34(31-22)19-6-4-5-17(27)13-19/h4-8,11-13,15H,9-10,14H2,1-3H3. The number of carbonyl (C=O) groups is 2. The molecule has 0 aliphatic carbocycles. The zero-order valence-corrected chi connectivity index (χ0v) is 21.2. The van der Waals surface area contributed by atoms with Crippen LogP contribution in [0.15, 0.2) is 54.9 Å². The van der Waals surface area contributed by atoms with Gasteiger partial charge in [0.05, 0.1) is 18.3 Å². The Labute approximate surface area is 217 Å². The molecule has 2 aromatic carbocycles. The van der Waals surface area contributed by atoms with Crippen molar-refractivity contribution in [1.82, 2.24) is 29.5 Å². The van der Waals surface area contributed by atoms with Crippen LogP contribution in [-0.4, -0.2) is 73.6 Å². The number of methoxy groups -OCH3 is 1. The molecule has 0 radical (unpaired) electrons. The maximum absolute atomic E-state index is 13.8. The van der Waals surface area contributed by atoms with Crippen LogP contribution in [-0.2, 0) is 0 Å². The first kappa shape index (κ1) is 24.6. The highest BCUT2D eigenvalue weighted by Crippen LogP contribution is 2.28. The quantitative estimate of drug-likeness (QED) is 0.402. The Morgan fingerprint density at radius 3 is 2.62 bits per heavy atom. The molecule has 1 aliphatic heterocycles. The Kier molecular flexibility index (Phi) is 6.28. The lowest BCUT2D eigenvalue weighted by atomic mass is 9.98. The number of benzene rings is 2. The van der Waals surface area contributed by atoms with E-state index in [1.165, 1.54) is 30.3 Å². The molecule has 1 saturated heterocycles. The van der Waals surface area contributed by atoms with Gasteiger partial charge in [-0.05, 0) is 61.7 Å². The maximum Gasteiger partial charge on any atom is 0.294 e. The fourth-order valence-corrected chi connectivity index (χ4v) is 4.74. The van der Waals surface area contributed by atoms with Gasteiger partial charge in [0, 0.05) is 30.0 Å². The van der Waals surface area contributed by atoms with Crippen molar-refractivity contribution in [2.75, 3.05) is 26.7 Å². The zero-order chi connectivity index (χ0) is 26.3. The average Bonchev–Trinajstić information content (AvgIpc) is 3.37. The van der Waals surface area contributed by atoms with Crippen molar-refractivity contribution < 1.29 is 18.7 Å². The molecule has 1 fully saturated rings. The van der Waals surface area contributed by atoms with Gasteiger partial charge in [0.15, 0.2) is 0 Å². The minimum Gasteiger partial charge on any atom is -0.481 e. The number of halogens is 2. The van der Waals surface area contributed by atoms with Gasteiger partial charge in [-0.1, -0.05) is 17.7 Å². The Morgan fingerprint density at radius 1 is 1.08 bits per heavy atom. The first-order valence-electron chi connectivity index (χ1n) is 11.6. The monoisotopic (exact) mass is 522 g/mol. The molecule has 0 saturated carbocycles. The van der Waals surface area contributed by atoms with E-state index < -0.39 is 11.4 Å². The SMILES string of the molecule is COc1nc(C(=O)N2CCN(C(=O)c3ncn(-c4cccc(Cl)c4)n3)C(C)(C)C2)cc2cc(F)ccc12. The molecule has 0 N–H and O–H groups in total. The molecule has 1 aliphatic rings. The van der Waals surface area contributed by atoms with Gasteiger partial charge in [-0.25, -0.2) is 19.0 Å². The second-order valence-electron chi connectivity index (χ2n) is 9.37. The number of hydrogen-bond donors (Lipinski definition) is 0. The van der Waals surface area contributed by atoms with Gasteiger partial charge in [0.25, 0.3) is 11.8 Å². The number of amides is 2. The fraction of sp³-hybridized carbons (Fsp3) is 0.269. The predicted octanol–water partition coefficient (Wildman–Crippen LogP) is 3.99. The molecule has 2 aromatic heterocycles. The molecule has 9 nitrogen and oxygen atoms in total. The molecule has 5 rings (SSSR count). The highest BCUT2D eigenvalue weighted by molar-refractivity contribution is 6.30. The number of rotatable bonds is 4. The number of fused-ring (bicyclic) bond motifs is 1.